The average Bonchev–Trinajstić information content (AvgIpc) is 2.20. The van der Waals surface area contributed by atoms with Crippen molar-refractivity contribution in [3.63, 3.8) is 0 Å². The topological polar surface area (TPSA) is 32.3 Å². The zero-order valence-corrected chi connectivity index (χ0v) is 9.47. The lowest BCUT2D eigenvalue weighted by atomic mass is 9.97. The Labute approximate surface area is 88.1 Å². The molecule has 84 valence electrons. The van der Waals surface area contributed by atoms with E-state index in [2.05, 4.69) is 12.2 Å². The van der Waals surface area contributed by atoms with Gasteiger partial charge in [-0.1, -0.05) is 32.6 Å². The van der Waals surface area contributed by atoms with Crippen LogP contribution in [0.3, 0.4) is 0 Å². The van der Waals surface area contributed by atoms with Crippen LogP contribution in [0.4, 0.5) is 0 Å². The Morgan fingerprint density at radius 3 is 2.86 bits per heavy atom. The van der Waals surface area contributed by atoms with Gasteiger partial charge in [0.15, 0.2) is 0 Å². The highest BCUT2D eigenvalue weighted by Crippen LogP contribution is 2.15. The van der Waals surface area contributed by atoms with Crippen molar-refractivity contribution in [3.8, 4) is 0 Å². The highest BCUT2D eigenvalue weighted by atomic mass is 16.3. The molecule has 1 fully saturated rings. The molecule has 0 aromatic heterocycles. The first-order chi connectivity index (χ1) is 6.83. The number of unbranched alkanes of at least 4 members (excludes halogenated alkanes) is 2. The van der Waals surface area contributed by atoms with Crippen molar-refractivity contribution in [1.29, 1.82) is 0 Å². The molecule has 0 aromatic carbocycles. The molecule has 1 aliphatic rings. The maximum absolute atomic E-state index is 9.79. The molecule has 1 saturated heterocycles. The van der Waals surface area contributed by atoms with Crippen LogP contribution >= 0.6 is 0 Å². The molecule has 2 atom stereocenters. The molecule has 0 bridgehead atoms. The van der Waals surface area contributed by atoms with Crippen molar-refractivity contribution < 1.29 is 5.11 Å². The Bertz CT molecular complexity index is 132. The molecular weight excluding hydrogens is 174 g/mol. The first-order valence-electron chi connectivity index (χ1n) is 6.24. The number of aliphatic hydroxyl groups excluding tert-OH is 1. The van der Waals surface area contributed by atoms with Gasteiger partial charge in [0.2, 0.25) is 0 Å². The first kappa shape index (κ1) is 12.0. The standard InChI is InChI=1S/C12H25NO/c1-2-3-4-8-12(14)10-11-7-5-6-9-13-11/h11-14H,2-10H2,1H3/t11-,12-/m1/s1. The highest BCUT2D eigenvalue weighted by molar-refractivity contribution is 4.75. The van der Waals surface area contributed by atoms with E-state index in [0.29, 0.717) is 6.04 Å². The molecule has 0 aromatic rings. The van der Waals surface area contributed by atoms with Crippen molar-refractivity contribution in [3.05, 3.63) is 0 Å². The van der Waals surface area contributed by atoms with Crippen molar-refractivity contribution in [2.45, 2.75) is 70.4 Å². The highest BCUT2D eigenvalue weighted by Gasteiger charge is 2.16. The van der Waals surface area contributed by atoms with E-state index in [1.165, 1.54) is 38.5 Å². The molecule has 0 amide bonds. The van der Waals surface area contributed by atoms with Crippen LogP contribution in [-0.4, -0.2) is 23.8 Å². The maximum Gasteiger partial charge on any atom is 0.0555 e. The lowest BCUT2D eigenvalue weighted by Gasteiger charge is -2.25. The Kier molecular flexibility index (Phi) is 6.20. The van der Waals surface area contributed by atoms with Gasteiger partial charge in [0, 0.05) is 6.04 Å². The molecule has 1 rings (SSSR count). The van der Waals surface area contributed by atoms with Crippen LogP contribution in [-0.2, 0) is 0 Å². The largest absolute Gasteiger partial charge is 0.393 e. The number of piperidine rings is 1. The molecule has 0 spiro atoms. The van der Waals surface area contributed by atoms with Crippen LogP contribution in [0.5, 0.6) is 0 Å². The molecule has 2 N–H and O–H groups in total. The third kappa shape index (κ3) is 4.97. The lowest BCUT2D eigenvalue weighted by Crippen LogP contribution is -2.36. The fourth-order valence-corrected chi connectivity index (χ4v) is 2.20. The molecule has 0 saturated carbocycles. The second-order valence-electron chi connectivity index (χ2n) is 4.53. The lowest BCUT2D eigenvalue weighted by molar-refractivity contribution is 0.131. The van der Waals surface area contributed by atoms with E-state index in [9.17, 15) is 5.11 Å². The Hall–Kier alpha value is -0.0800. The number of hydrogen-bond donors (Lipinski definition) is 2. The minimum atomic E-state index is -0.0721. The van der Waals surface area contributed by atoms with E-state index < -0.39 is 0 Å². The maximum atomic E-state index is 9.79. The quantitative estimate of drug-likeness (QED) is 0.644. The van der Waals surface area contributed by atoms with Crippen molar-refractivity contribution in [2.24, 2.45) is 0 Å². The summed E-state index contributed by atoms with van der Waals surface area (Å²) in [6.45, 7) is 3.35. The van der Waals surface area contributed by atoms with Gasteiger partial charge in [0.05, 0.1) is 6.10 Å². The van der Waals surface area contributed by atoms with Crippen LogP contribution in [0.15, 0.2) is 0 Å². The minimum absolute atomic E-state index is 0.0721. The number of nitrogens with one attached hydrogen (secondary N) is 1. The third-order valence-corrected chi connectivity index (χ3v) is 3.11. The Morgan fingerprint density at radius 1 is 1.36 bits per heavy atom. The van der Waals surface area contributed by atoms with Gasteiger partial charge in [-0.15, -0.1) is 0 Å². The van der Waals surface area contributed by atoms with E-state index in [4.69, 9.17) is 0 Å². The minimum Gasteiger partial charge on any atom is -0.393 e. The summed E-state index contributed by atoms with van der Waals surface area (Å²) in [4.78, 5) is 0. The fourth-order valence-electron chi connectivity index (χ4n) is 2.20. The molecule has 2 nitrogen and oxygen atoms in total. The van der Waals surface area contributed by atoms with E-state index in [-0.39, 0.29) is 6.10 Å². The van der Waals surface area contributed by atoms with Crippen molar-refractivity contribution >= 4 is 0 Å². The number of rotatable bonds is 6. The summed E-state index contributed by atoms with van der Waals surface area (Å²) in [5.41, 5.74) is 0. The van der Waals surface area contributed by atoms with Crippen LogP contribution in [0.1, 0.15) is 58.3 Å². The molecule has 0 radical (unpaired) electrons. The fraction of sp³-hybridized carbons (Fsp3) is 1.00. The van der Waals surface area contributed by atoms with Gasteiger partial charge in [0.25, 0.3) is 0 Å². The molecule has 1 heterocycles. The first-order valence-corrected chi connectivity index (χ1v) is 6.24. The van der Waals surface area contributed by atoms with Gasteiger partial charge in [-0.2, -0.15) is 0 Å². The van der Waals surface area contributed by atoms with Gasteiger partial charge >= 0.3 is 0 Å². The SMILES string of the molecule is CCCCC[C@@H](O)C[C@H]1CCCCN1. The smallest absolute Gasteiger partial charge is 0.0555 e. The second-order valence-corrected chi connectivity index (χ2v) is 4.53. The number of aliphatic hydroxyl groups is 1. The van der Waals surface area contributed by atoms with Gasteiger partial charge in [0.1, 0.15) is 0 Å². The average molecular weight is 199 g/mol. The summed E-state index contributed by atoms with van der Waals surface area (Å²) in [5.74, 6) is 0. The molecule has 1 aliphatic heterocycles. The van der Waals surface area contributed by atoms with Crippen LogP contribution in [0, 0.1) is 0 Å². The predicted octanol–water partition coefficient (Wildman–Crippen LogP) is 2.46. The molecule has 0 unspecified atom stereocenters. The van der Waals surface area contributed by atoms with Crippen LogP contribution in [0.2, 0.25) is 0 Å². The van der Waals surface area contributed by atoms with Crippen LogP contribution in [0.25, 0.3) is 0 Å². The molecule has 14 heavy (non-hydrogen) atoms. The van der Waals surface area contributed by atoms with E-state index in [1.54, 1.807) is 0 Å². The number of hydrogen-bond acceptors (Lipinski definition) is 2. The summed E-state index contributed by atoms with van der Waals surface area (Å²) < 4.78 is 0. The third-order valence-electron chi connectivity index (χ3n) is 3.11. The van der Waals surface area contributed by atoms with Gasteiger partial charge in [-0.25, -0.2) is 0 Å². The molecular formula is C12H25NO. The van der Waals surface area contributed by atoms with E-state index >= 15 is 0 Å². The van der Waals surface area contributed by atoms with Crippen LogP contribution < -0.4 is 5.32 Å². The zero-order chi connectivity index (χ0) is 10.2. The summed E-state index contributed by atoms with van der Waals surface area (Å²) in [6, 6.07) is 0.584. The summed E-state index contributed by atoms with van der Waals surface area (Å²) in [6.07, 6.45) is 9.47. The molecule has 0 aliphatic carbocycles. The van der Waals surface area contributed by atoms with Crippen molar-refractivity contribution in [1.82, 2.24) is 5.32 Å². The predicted molar refractivity (Wildman–Crippen MR) is 60.4 cm³/mol. The Morgan fingerprint density at radius 2 is 2.21 bits per heavy atom. The summed E-state index contributed by atoms with van der Waals surface area (Å²) in [7, 11) is 0. The summed E-state index contributed by atoms with van der Waals surface area (Å²) >= 11 is 0. The van der Waals surface area contributed by atoms with E-state index in [0.717, 1.165) is 19.4 Å². The Balaban J connectivity index is 2.03. The second kappa shape index (κ2) is 7.24. The zero-order valence-electron chi connectivity index (χ0n) is 9.47. The normalized spacial score (nSPS) is 24.9. The molecule has 2 heteroatoms. The monoisotopic (exact) mass is 199 g/mol. The van der Waals surface area contributed by atoms with Crippen molar-refractivity contribution in [2.75, 3.05) is 6.54 Å². The van der Waals surface area contributed by atoms with E-state index in [1.807, 2.05) is 0 Å². The van der Waals surface area contributed by atoms with Gasteiger partial charge in [-0.3, -0.25) is 0 Å². The summed E-state index contributed by atoms with van der Waals surface area (Å²) in [5, 5.41) is 13.3. The van der Waals surface area contributed by atoms with Gasteiger partial charge < -0.3 is 10.4 Å². The van der Waals surface area contributed by atoms with Gasteiger partial charge in [-0.05, 0) is 32.2 Å².